The number of rotatable bonds is 0. The quantitative estimate of drug-likeness (QED) is 0.667. The maximum absolute atomic E-state index is 4.50. The van der Waals surface area contributed by atoms with Crippen molar-refractivity contribution < 1.29 is 0 Å². The third-order valence-corrected chi connectivity index (χ3v) is 1.66. The summed E-state index contributed by atoms with van der Waals surface area (Å²) in [6, 6.07) is 16.7. The second-order valence-electron chi connectivity index (χ2n) is 2.35. The van der Waals surface area contributed by atoms with Gasteiger partial charge in [0.15, 0.2) is 0 Å². The lowest BCUT2D eigenvalue weighted by molar-refractivity contribution is 1.48. The molecule has 2 aromatic carbocycles. The second-order valence-corrected chi connectivity index (χ2v) is 2.35. The van der Waals surface area contributed by atoms with E-state index in [2.05, 4.69) is 60.0 Å². The van der Waals surface area contributed by atoms with Crippen LogP contribution in [0.5, 0.6) is 0 Å². The van der Waals surface area contributed by atoms with E-state index >= 15 is 0 Å². The topological polar surface area (TPSA) is 52.0 Å². The van der Waals surface area contributed by atoms with E-state index in [-0.39, 0.29) is 0 Å². The molecule has 0 heterocycles. The minimum Gasteiger partial charge on any atom is -0.333 e. The lowest BCUT2D eigenvalue weighted by Crippen LogP contribution is -1.69. The molecule has 2 rings (SSSR count). The normalized spacial score (nSPS) is 8.00. The third-order valence-electron chi connectivity index (χ3n) is 1.66. The van der Waals surface area contributed by atoms with Gasteiger partial charge in [-0.05, 0) is 24.9 Å². The van der Waals surface area contributed by atoms with Gasteiger partial charge in [-0.15, -0.1) is 0 Å². The van der Waals surface area contributed by atoms with Crippen molar-refractivity contribution in [3.63, 3.8) is 0 Å². The third kappa shape index (κ3) is 3.56. The number of hydrogen-bond acceptors (Lipinski definition) is 2. The summed E-state index contributed by atoms with van der Waals surface area (Å²) in [6.07, 6.45) is 0. The van der Waals surface area contributed by atoms with Crippen LogP contribution in [-0.4, -0.2) is 14.1 Å². The first-order valence-electron chi connectivity index (χ1n) is 4.56. The molecule has 0 amide bonds. The first-order valence-corrected chi connectivity index (χ1v) is 4.56. The highest BCUT2D eigenvalue weighted by molar-refractivity contribution is 5.81. The van der Waals surface area contributed by atoms with Crippen LogP contribution in [0.3, 0.4) is 0 Å². The van der Waals surface area contributed by atoms with Gasteiger partial charge in [0.2, 0.25) is 0 Å². The molecular weight excluding hydrogens is 172 g/mol. The zero-order valence-electron chi connectivity index (χ0n) is 8.77. The van der Waals surface area contributed by atoms with Crippen molar-refractivity contribution in [2.45, 2.75) is 0 Å². The predicted molar refractivity (Wildman–Crippen MR) is 64.2 cm³/mol. The Morgan fingerprint density at radius 2 is 0.786 bits per heavy atom. The Labute approximate surface area is 85.5 Å². The monoisotopic (exact) mass is 190 g/mol. The van der Waals surface area contributed by atoms with Gasteiger partial charge in [-0.2, -0.15) is 0 Å². The number of benzene rings is 2. The van der Waals surface area contributed by atoms with Gasteiger partial charge in [0.25, 0.3) is 0 Å². The van der Waals surface area contributed by atoms with Crippen molar-refractivity contribution in [1.29, 1.82) is 0 Å². The molecule has 2 nitrogen and oxygen atoms in total. The molecule has 0 saturated carbocycles. The zero-order valence-corrected chi connectivity index (χ0v) is 8.77. The molecule has 0 unspecified atom stereocenters. The summed E-state index contributed by atoms with van der Waals surface area (Å²) in [5.74, 6) is 0. The average Bonchev–Trinajstić information content (AvgIpc) is 2.34. The number of nitrogens with two attached hydrogens (primary N) is 2. The number of fused-ring (bicyclic) bond motifs is 1. The van der Waals surface area contributed by atoms with E-state index in [0.29, 0.717) is 0 Å². The molecule has 0 saturated heterocycles. The Balaban J connectivity index is 0.000000379. The molecule has 0 atom stereocenters. The van der Waals surface area contributed by atoms with Gasteiger partial charge in [0.05, 0.1) is 0 Å². The molecule has 0 aliphatic rings. The fourth-order valence-corrected chi connectivity index (χ4v) is 1.13. The molecule has 0 aliphatic carbocycles. The van der Waals surface area contributed by atoms with E-state index in [9.17, 15) is 0 Å². The summed E-state index contributed by atoms with van der Waals surface area (Å²) < 4.78 is 0. The summed E-state index contributed by atoms with van der Waals surface area (Å²) in [5.41, 5.74) is 9.00. The Morgan fingerprint density at radius 1 is 0.571 bits per heavy atom. The van der Waals surface area contributed by atoms with Gasteiger partial charge in [0, 0.05) is 0 Å². The molecule has 2 heteroatoms. The van der Waals surface area contributed by atoms with Crippen LogP contribution in [0.25, 0.3) is 10.8 Å². The molecule has 0 bridgehead atoms. The predicted octanol–water partition coefficient (Wildman–Crippen LogP) is 1.99. The molecule has 2 aromatic rings. The minimum atomic E-state index is 1.31. The van der Waals surface area contributed by atoms with Crippen LogP contribution in [0.15, 0.2) is 48.5 Å². The van der Waals surface area contributed by atoms with E-state index < -0.39 is 0 Å². The van der Waals surface area contributed by atoms with Crippen LogP contribution in [0.4, 0.5) is 0 Å². The summed E-state index contributed by atoms with van der Waals surface area (Å²) in [4.78, 5) is 0. The van der Waals surface area contributed by atoms with Gasteiger partial charge in [-0.25, -0.2) is 0 Å². The molecular formula is C12H18N2. The Bertz CT molecular complexity index is 279. The molecule has 0 radical (unpaired) electrons. The van der Waals surface area contributed by atoms with Gasteiger partial charge in [0.1, 0.15) is 0 Å². The van der Waals surface area contributed by atoms with Gasteiger partial charge in [-0.1, -0.05) is 48.5 Å². The van der Waals surface area contributed by atoms with E-state index in [0.717, 1.165) is 0 Å². The van der Waals surface area contributed by atoms with Crippen molar-refractivity contribution in [2.24, 2.45) is 11.5 Å². The Morgan fingerprint density at radius 3 is 1.00 bits per heavy atom. The highest BCUT2D eigenvalue weighted by Crippen LogP contribution is 2.11. The second kappa shape index (κ2) is 8.23. The van der Waals surface area contributed by atoms with Crippen LogP contribution >= 0.6 is 0 Å². The fourth-order valence-electron chi connectivity index (χ4n) is 1.13. The van der Waals surface area contributed by atoms with Crippen molar-refractivity contribution in [2.75, 3.05) is 14.1 Å². The van der Waals surface area contributed by atoms with Crippen molar-refractivity contribution in [3.8, 4) is 0 Å². The summed E-state index contributed by atoms with van der Waals surface area (Å²) in [7, 11) is 3.00. The first kappa shape index (κ1) is 12.6. The van der Waals surface area contributed by atoms with Crippen LogP contribution in [0.2, 0.25) is 0 Å². The molecule has 0 spiro atoms. The molecule has 4 N–H and O–H groups in total. The van der Waals surface area contributed by atoms with Crippen molar-refractivity contribution in [1.82, 2.24) is 0 Å². The lowest BCUT2D eigenvalue weighted by Gasteiger charge is -1.92. The molecule has 76 valence electrons. The fraction of sp³-hybridized carbons (Fsp3) is 0.167. The first-order chi connectivity index (χ1) is 6.97. The maximum Gasteiger partial charge on any atom is -0.0184 e. The average molecular weight is 190 g/mol. The molecule has 14 heavy (non-hydrogen) atoms. The van der Waals surface area contributed by atoms with Crippen molar-refractivity contribution in [3.05, 3.63) is 48.5 Å². The van der Waals surface area contributed by atoms with Gasteiger partial charge in [-0.3, -0.25) is 0 Å². The Hall–Kier alpha value is -1.38. The van der Waals surface area contributed by atoms with Crippen LogP contribution in [0, 0.1) is 0 Å². The van der Waals surface area contributed by atoms with Crippen LogP contribution in [-0.2, 0) is 0 Å². The smallest absolute Gasteiger partial charge is 0.0184 e. The SMILES string of the molecule is CN.CN.c1ccc2ccccc2c1. The van der Waals surface area contributed by atoms with E-state index in [1.165, 1.54) is 24.9 Å². The summed E-state index contributed by atoms with van der Waals surface area (Å²) >= 11 is 0. The standard InChI is InChI=1S/C10H8.2CH5N/c1-2-6-10-8-4-3-7-9(10)5-1;2*1-2/h1-8H;2*2H2,1H3. The van der Waals surface area contributed by atoms with Crippen LogP contribution in [0.1, 0.15) is 0 Å². The summed E-state index contributed by atoms with van der Waals surface area (Å²) in [5, 5.41) is 2.62. The highest BCUT2D eigenvalue weighted by Gasteiger charge is 1.85. The zero-order chi connectivity index (χ0) is 10.8. The van der Waals surface area contributed by atoms with Crippen molar-refractivity contribution >= 4 is 10.8 Å². The molecule has 0 aliphatic heterocycles. The highest BCUT2D eigenvalue weighted by atomic mass is 14.4. The molecule has 0 fully saturated rings. The van der Waals surface area contributed by atoms with E-state index in [1.807, 2.05) is 0 Å². The minimum absolute atomic E-state index is 1.31. The molecule has 0 aromatic heterocycles. The maximum atomic E-state index is 4.50. The number of hydrogen-bond donors (Lipinski definition) is 2. The van der Waals surface area contributed by atoms with Crippen LogP contribution < -0.4 is 11.5 Å². The van der Waals surface area contributed by atoms with E-state index in [1.54, 1.807) is 0 Å². The lowest BCUT2D eigenvalue weighted by atomic mass is 10.1. The van der Waals surface area contributed by atoms with Gasteiger partial charge < -0.3 is 11.5 Å². The van der Waals surface area contributed by atoms with Gasteiger partial charge >= 0.3 is 0 Å². The van der Waals surface area contributed by atoms with E-state index in [4.69, 9.17) is 0 Å². The largest absolute Gasteiger partial charge is 0.333 e. The summed E-state index contributed by atoms with van der Waals surface area (Å²) in [6.45, 7) is 0. The Kier molecular flexibility index (Phi) is 7.42.